The Hall–Kier alpha value is -4.00. The molecule has 1 aromatic heterocycles. The van der Waals surface area contributed by atoms with Crippen LogP contribution in [0.3, 0.4) is 0 Å². The third kappa shape index (κ3) is 7.99. The van der Waals surface area contributed by atoms with E-state index in [4.69, 9.17) is 14.6 Å². The quantitative estimate of drug-likeness (QED) is 0.334. The molecular formula is C35H44BrN5O7. The summed E-state index contributed by atoms with van der Waals surface area (Å²) in [5.74, 6) is -1.76. The Morgan fingerprint density at radius 3 is 2.58 bits per heavy atom. The van der Waals surface area contributed by atoms with Crippen molar-refractivity contribution in [1.82, 2.24) is 25.3 Å². The van der Waals surface area contributed by atoms with E-state index in [9.17, 15) is 24.0 Å². The van der Waals surface area contributed by atoms with E-state index in [1.165, 1.54) is 15.6 Å². The van der Waals surface area contributed by atoms with E-state index in [2.05, 4.69) is 26.6 Å². The van der Waals surface area contributed by atoms with Gasteiger partial charge in [-0.3, -0.25) is 14.4 Å². The SMILES string of the molecule is CCOC(=O)[C@@]12C[C@@H]1/C=C\CCCCC[C@H](NC(=O)OC(C)(C)C)C(=O)N1C[C@H](n3nc(-c4ccccc4)c(Br)cc3=O)C[C@H]1C(=O)N2. The fourth-order valence-corrected chi connectivity index (χ4v) is 6.96. The highest BCUT2D eigenvalue weighted by atomic mass is 79.9. The molecule has 1 saturated heterocycles. The van der Waals surface area contributed by atoms with E-state index >= 15 is 0 Å². The van der Waals surface area contributed by atoms with Gasteiger partial charge in [0.2, 0.25) is 11.8 Å². The van der Waals surface area contributed by atoms with E-state index in [0.717, 1.165) is 24.8 Å². The molecule has 0 unspecified atom stereocenters. The first-order chi connectivity index (χ1) is 22.8. The van der Waals surface area contributed by atoms with Gasteiger partial charge in [-0.2, -0.15) is 5.10 Å². The average molecular weight is 727 g/mol. The van der Waals surface area contributed by atoms with Crippen LogP contribution in [-0.4, -0.2) is 74.9 Å². The summed E-state index contributed by atoms with van der Waals surface area (Å²) < 4.78 is 12.7. The molecule has 13 heteroatoms. The molecule has 2 fully saturated rings. The van der Waals surface area contributed by atoms with Gasteiger partial charge < -0.3 is 25.0 Å². The average Bonchev–Trinajstić information content (AvgIpc) is 3.53. The monoisotopic (exact) mass is 725 g/mol. The van der Waals surface area contributed by atoms with Crippen molar-refractivity contribution in [3.63, 3.8) is 0 Å². The highest BCUT2D eigenvalue weighted by Gasteiger charge is 2.62. The van der Waals surface area contributed by atoms with Crippen molar-refractivity contribution in [2.24, 2.45) is 5.92 Å². The third-order valence-corrected chi connectivity index (χ3v) is 9.49. The molecule has 258 valence electrons. The van der Waals surface area contributed by atoms with Crippen molar-refractivity contribution in [3.05, 3.63) is 63.4 Å². The second-order valence-electron chi connectivity index (χ2n) is 13.6. The summed E-state index contributed by atoms with van der Waals surface area (Å²) in [6.45, 7) is 7.07. The van der Waals surface area contributed by atoms with Gasteiger partial charge in [0.25, 0.3) is 5.56 Å². The van der Waals surface area contributed by atoms with Crippen molar-refractivity contribution >= 4 is 39.8 Å². The number of benzene rings is 1. The summed E-state index contributed by atoms with van der Waals surface area (Å²) >= 11 is 3.47. The first-order valence-corrected chi connectivity index (χ1v) is 17.4. The number of nitrogens with zero attached hydrogens (tertiary/aromatic N) is 3. The number of ether oxygens (including phenoxy) is 2. The summed E-state index contributed by atoms with van der Waals surface area (Å²) in [6, 6.07) is 8.10. The second-order valence-corrected chi connectivity index (χ2v) is 14.5. The summed E-state index contributed by atoms with van der Waals surface area (Å²) in [5.41, 5.74) is -1.11. The number of carbonyl (C=O) groups is 4. The Morgan fingerprint density at radius 1 is 1.12 bits per heavy atom. The molecule has 5 rings (SSSR count). The molecule has 2 N–H and O–H groups in total. The van der Waals surface area contributed by atoms with E-state index in [1.54, 1.807) is 27.7 Å². The lowest BCUT2D eigenvalue weighted by atomic mass is 10.0. The number of rotatable bonds is 5. The minimum absolute atomic E-state index is 0.0120. The normalized spacial score (nSPS) is 27.0. The van der Waals surface area contributed by atoms with Gasteiger partial charge in [0, 0.05) is 30.5 Å². The number of hydrogen-bond donors (Lipinski definition) is 2. The molecule has 12 nitrogen and oxygen atoms in total. The Kier molecular flexibility index (Phi) is 10.8. The van der Waals surface area contributed by atoms with Gasteiger partial charge in [-0.05, 0) is 69.3 Å². The van der Waals surface area contributed by atoms with Gasteiger partial charge in [-0.15, -0.1) is 0 Å². The number of halogens is 1. The van der Waals surface area contributed by atoms with Gasteiger partial charge in [0.1, 0.15) is 28.9 Å². The van der Waals surface area contributed by atoms with E-state index in [1.807, 2.05) is 42.5 Å². The molecule has 3 aliphatic rings. The van der Waals surface area contributed by atoms with E-state index < -0.39 is 58.7 Å². The lowest BCUT2D eigenvalue weighted by Crippen LogP contribution is -2.56. The number of fused-ring (bicyclic) bond motifs is 2. The maximum Gasteiger partial charge on any atom is 0.408 e. The van der Waals surface area contributed by atoms with E-state index in [-0.39, 0.29) is 25.5 Å². The van der Waals surface area contributed by atoms with Gasteiger partial charge >= 0.3 is 12.1 Å². The molecule has 0 radical (unpaired) electrons. The first-order valence-electron chi connectivity index (χ1n) is 16.6. The van der Waals surface area contributed by atoms with E-state index in [0.29, 0.717) is 29.4 Å². The Labute approximate surface area is 288 Å². The maximum absolute atomic E-state index is 14.4. The Bertz CT molecular complexity index is 1620. The summed E-state index contributed by atoms with van der Waals surface area (Å²) in [4.78, 5) is 69.5. The van der Waals surface area contributed by atoms with Gasteiger partial charge in [-0.1, -0.05) is 55.3 Å². The van der Waals surface area contributed by atoms with Gasteiger partial charge in [0.15, 0.2) is 0 Å². The smallest absolute Gasteiger partial charge is 0.408 e. The molecule has 48 heavy (non-hydrogen) atoms. The zero-order chi connectivity index (χ0) is 34.6. The Balaban J connectivity index is 1.52. The zero-order valence-corrected chi connectivity index (χ0v) is 29.5. The first kappa shape index (κ1) is 35.3. The largest absolute Gasteiger partial charge is 0.464 e. The van der Waals surface area contributed by atoms with Crippen LogP contribution in [0.1, 0.15) is 78.7 Å². The second kappa shape index (κ2) is 14.6. The highest BCUT2D eigenvalue weighted by molar-refractivity contribution is 9.10. The molecular weight excluding hydrogens is 682 g/mol. The minimum Gasteiger partial charge on any atom is -0.464 e. The maximum atomic E-state index is 14.4. The van der Waals surface area contributed by atoms with Crippen molar-refractivity contribution in [1.29, 1.82) is 0 Å². The molecule has 2 aliphatic heterocycles. The standard InChI is InChI=1S/C35H44BrN5O7/c1-5-47-32(45)35-20-23(35)16-12-7-6-8-13-17-26(37-33(46)48-34(2,3)4)31(44)40-21-24(18-27(40)30(43)38-35)41-28(42)19-25(36)29(39-41)22-14-10-9-11-15-22/h9-12,14-16,19,23-24,26-27H,5-8,13,17-18,20-21H2,1-4H3,(H,37,46)(H,38,43)/b16-12-/t23-,24+,26-,27-,35+/m0/s1. The van der Waals surface area contributed by atoms with Crippen molar-refractivity contribution in [2.45, 2.75) is 102 Å². The van der Waals surface area contributed by atoms with Gasteiger partial charge in [-0.25, -0.2) is 14.3 Å². The third-order valence-electron chi connectivity index (χ3n) is 8.89. The van der Waals surface area contributed by atoms with Crippen LogP contribution in [-0.2, 0) is 23.9 Å². The van der Waals surface area contributed by atoms with Crippen LogP contribution in [0.2, 0.25) is 0 Å². The van der Waals surface area contributed by atoms with Crippen LogP contribution in [0.15, 0.2) is 57.8 Å². The molecule has 0 spiro atoms. The molecule has 1 aliphatic carbocycles. The molecule has 2 aromatic rings. The fourth-order valence-electron chi connectivity index (χ4n) is 6.45. The lowest BCUT2D eigenvalue weighted by molar-refractivity contribution is -0.150. The lowest BCUT2D eigenvalue weighted by Gasteiger charge is -2.30. The molecule has 5 atom stereocenters. The number of aromatic nitrogens is 2. The number of allylic oxidation sites excluding steroid dienone is 1. The van der Waals surface area contributed by atoms with Crippen LogP contribution in [0.5, 0.6) is 0 Å². The number of carbonyl (C=O) groups excluding carboxylic acids is 4. The molecule has 1 saturated carbocycles. The zero-order valence-electron chi connectivity index (χ0n) is 27.9. The van der Waals surface area contributed by atoms with Crippen LogP contribution in [0.4, 0.5) is 4.79 Å². The van der Waals surface area contributed by atoms with Crippen molar-refractivity contribution in [2.75, 3.05) is 13.2 Å². The molecule has 3 amide bonds. The number of nitrogens with one attached hydrogen (secondary N) is 2. The molecule has 0 bridgehead atoms. The van der Waals surface area contributed by atoms with Gasteiger partial charge in [0.05, 0.1) is 17.1 Å². The number of alkyl carbamates (subject to hydrolysis) is 1. The highest BCUT2D eigenvalue weighted by Crippen LogP contribution is 2.46. The summed E-state index contributed by atoms with van der Waals surface area (Å²) in [6.07, 6.45) is 7.12. The Morgan fingerprint density at radius 2 is 1.88 bits per heavy atom. The van der Waals surface area contributed by atoms with Crippen molar-refractivity contribution in [3.8, 4) is 11.3 Å². The molecule has 1 aromatic carbocycles. The molecule has 3 heterocycles. The topological polar surface area (TPSA) is 149 Å². The van der Waals surface area contributed by atoms with Crippen LogP contribution in [0.25, 0.3) is 11.3 Å². The predicted molar refractivity (Wildman–Crippen MR) is 182 cm³/mol. The number of esters is 1. The van der Waals surface area contributed by atoms with Crippen molar-refractivity contribution < 1.29 is 28.7 Å². The minimum atomic E-state index is -1.24. The summed E-state index contributed by atoms with van der Waals surface area (Å²) in [7, 11) is 0. The number of hydrogen-bond acceptors (Lipinski definition) is 8. The van der Waals surface area contributed by atoms with Crippen LogP contribution < -0.4 is 16.2 Å². The number of amides is 3. The summed E-state index contributed by atoms with van der Waals surface area (Å²) in [5, 5.41) is 10.4. The van der Waals surface area contributed by atoms with Crippen LogP contribution >= 0.6 is 15.9 Å². The fraction of sp³-hybridized carbons (Fsp3) is 0.543. The van der Waals surface area contributed by atoms with Crippen LogP contribution in [0, 0.1) is 5.92 Å². The predicted octanol–water partition coefficient (Wildman–Crippen LogP) is 4.67.